The molecule has 1 fully saturated rings. The third kappa shape index (κ3) is 3.91. The number of hydrogen-bond acceptors (Lipinski definition) is 5. The second kappa shape index (κ2) is 8.37. The average Bonchev–Trinajstić information content (AvgIpc) is 3.21. The number of amides is 2. The largest absolute Gasteiger partial charge is 0.478 e. The number of nitrogens with one attached hydrogen (secondary N) is 1. The maximum atomic E-state index is 14.2. The standard InChI is InChI=1S/C22H12ClFN2O5S/c23-15-7-5-11(9-13(15)21(29)30)18-8-6-12(31-18)10-14-19(27)25-22(32)26(20(14)28)17-4-2-1-3-16(17)24/h1-10H,(H,29,30)(H,25,27,32). The van der Waals surface area contributed by atoms with Gasteiger partial charge in [0.05, 0.1) is 16.3 Å². The van der Waals surface area contributed by atoms with Gasteiger partial charge >= 0.3 is 5.97 Å². The Morgan fingerprint density at radius 1 is 1.16 bits per heavy atom. The molecule has 10 heteroatoms. The summed E-state index contributed by atoms with van der Waals surface area (Å²) in [5.74, 6) is -3.02. The molecule has 2 heterocycles. The van der Waals surface area contributed by atoms with Crippen molar-refractivity contribution in [3.05, 3.63) is 82.3 Å². The minimum atomic E-state index is -1.19. The number of hydrogen-bond donors (Lipinski definition) is 2. The fraction of sp³-hybridized carbons (Fsp3) is 0. The van der Waals surface area contributed by atoms with Gasteiger partial charge in [0.1, 0.15) is 22.9 Å². The summed E-state index contributed by atoms with van der Waals surface area (Å²) in [5, 5.41) is 11.4. The van der Waals surface area contributed by atoms with E-state index in [9.17, 15) is 23.9 Å². The van der Waals surface area contributed by atoms with Gasteiger partial charge in [0.25, 0.3) is 11.8 Å². The number of thiocarbonyl (C=S) groups is 1. The van der Waals surface area contributed by atoms with E-state index in [1.54, 1.807) is 12.1 Å². The highest BCUT2D eigenvalue weighted by atomic mass is 35.5. The molecule has 2 N–H and O–H groups in total. The average molecular weight is 471 g/mol. The van der Waals surface area contributed by atoms with Crippen LogP contribution in [0.25, 0.3) is 17.4 Å². The lowest BCUT2D eigenvalue weighted by Gasteiger charge is -2.28. The van der Waals surface area contributed by atoms with E-state index >= 15 is 0 Å². The molecule has 0 aliphatic carbocycles. The van der Waals surface area contributed by atoms with Crippen molar-refractivity contribution in [3.63, 3.8) is 0 Å². The van der Waals surface area contributed by atoms with Gasteiger partial charge in [-0.2, -0.15) is 0 Å². The van der Waals surface area contributed by atoms with Gasteiger partial charge in [-0.25, -0.2) is 14.1 Å². The molecule has 7 nitrogen and oxygen atoms in total. The molecule has 0 radical (unpaired) electrons. The van der Waals surface area contributed by atoms with Crippen molar-refractivity contribution < 1.29 is 28.3 Å². The number of rotatable bonds is 4. The minimum Gasteiger partial charge on any atom is -0.478 e. The molecule has 0 atom stereocenters. The highest BCUT2D eigenvalue weighted by Crippen LogP contribution is 2.29. The first-order chi connectivity index (χ1) is 15.3. The number of aromatic carboxylic acids is 1. The fourth-order valence-electron chi connectivity index (χ4n) is 3.08. The fourth-order valence-corrected chi connectivity index (χ4v) is 3.55. The van der Waals surface area contributed by atoms with E-state index in [0.29, 0.717) is 11.3 Å². The Morgan fingerprint density at radius 2 is 1.91 bits per heavy atom. The van der Waals surface area contributed by atoms with Crippen molar-refractivity contribution in [2.75, 3.05) is 4.90 Å². The Bertz CT molecular complexity index is 1330. The number of halogens is 2. The molecule has 1 aliphatic heterocycles. The zero-order valence-electron chi connectivity index (χ0n) is 16.0. The molecular weight excluding hydrogens is 459 g/mol. The third-order valence-corrected chi connectivity index (χ3v) is 5.20. The second-order valence-corrected chi connectivity index (χ2v) is 7.40. The molecule has 2 aromatic carbocycles. The zero-order chi connectivity index (χ0) is 23.0. The molecular formula is C22H12ClFN2O5S. The predicted octanol–water partition coefficient (Wildman–Crippen LogP) is 4.27. The van der Waals surface area contributed by atoms with Crippen LogP contribution in [-0.2, 0) is 9.59 Å². The first kappa shape index (κ1) is 21.4. The summed E-state index contributed by atoms with van der Waals surface area (Å²) in [5.41, 5.74) is -0.0811. The van der Waals surface area contributed by atoms with Crippen LogP contribution < -0.4 is 10.2 Å². The molecule has 160 valence electrons. The van der Waals surface area contributed by atoms with Crippen LogP contribution in [0.2, 0.25) is 5.02 Å². The topological polar surface area (TPSA) is 99.9 Å². The summed E-state index contributed by atoms with van der Waals surface area (Å²) in [6, 6.07) is 12.9. The Labute approximate surface area is 190 Å². The monoisotopic (exact) mass is 470 g/mol. The molecule has 32 heavy (non-hydrogen) atoms. The molecule has 1 saturated heterocycles. The van der Waals surface area contributed by atoms with Crippen LogP contribution in [0.4, 0.5) is 10.1 Å². The second-order valence-electron chi connectivity index (χ2n) is 6.61. The van der Waals surface area contributed by atoms with Gasteiger partial charge in [-0.15, -0.1) is 0 Å². The van der Waals surface area contributed by atoms with Gasteiger partial charge in [-0.05, 0) is 60.8 Å². The summed E-state index contributed by atoms with van der Waals surface area (Å²) in [6.07, 6.45) is 1.20. The lowest BCUT2D eigenvalue weighted by Crippen LogP contribution is -2.54. The first-order valence-electron chi connectivity index (χ1n) is 9.05. The highest BCUT2D eigenvalue weighted by molar-refractivity contribution is 7.80. The van der Waals surface area contributed by atoms with E-state index in [2.05, 4.69) is 5.32 Å². The number of benzene rings is 2. The zero-order valence-corrected chi connectivity index (χ0v) is 17.5. The quantitative estimate of drug-likeness (QED) is 0.335. The van der Waals surface area contributed by atoms with Crippen LogP contribution in [0.15, 0.2) is 64.6 Å². The van der Waals surface area contributed by atoms with E-state index in [1.807, 2.05) is 0 Å². The number of anilines is 1. The van der Waals surface area contributed by atoms with Crippen LogP contribution in [0, 0.1) is 5.82 Å². The molecule has 0 bridgehead atoms. The number of carbonyl (C=O) groups is 3. The summed E-state index contributed by atoms with van der Waals surface area (Å²) in [6.45, 7) is 0. The van der Waals surface area contributed by atoms with Crippen molar-refractivity contribution in [1.82, 2.24) is 5.32 Å². The van der Waals surface area contributed by atoms with Gasteiger partial charge in [-0.1, -0.05) is 23.7 Å². The molecule has 3 aromatic rings. The molecule has 0 unspecified atom stereocenters. The van der Waals surface area contributed by atoms with Crippen LogP contribution in [-0.4, -0.2) is 28.0 Å². The van der Waals surface area contributed by atoms with Crippen molar-refractivity contribution >= 4 is 58.5 Å². The Morgan fingerprint density at radius 3 is 2.62 bits per heavy atom. The Balaban J connectivity index is 1.69. The van der Waals surface area contributed by atoms with Gasteiger partial charge in [0, 0.05) is 5.56 Å². The lowest BCUT2D eigenvalue weighted by molar-refractivity contribution is -0.122. The van der Waals surface area contributed by atoms with Crippen LogP contribution >= 0.6 is 23.8 Å². The molecule has 0 spiro atoms. The molecule has 4 rings (SSSR count). The van der Waals surface area contributed by atoms with Gasteiger partial charge < -0.3 is 9.52 Å². The van der Waals surface area contributed by atoms with Gasteiger partial charge in [0.2, 0.25) is 0 Å². The maximum Gasteiger partial charge on any atom is 0.337 e. The summed E-state index contributed by atoms with van der Waals surface area (Å²) >= 11 is 10.9. The van der Waals surface area contributed by atoms with Gasteiger partial charge in [-0.3, -0.25) is 14.9 Å². The van der Waals surface area contributed by atoms with E-state index in [0.717, 1.165) is 4.90 Å². The first-order valence-corrected chi connectivity index (χ1v) is 9.84. The Hall–Kier alpha value is -3.82. The maximum absolute atomic E-state index is 14.2. The van der Waals surface area contributed by atoms with E-state index < -0.39 is 23.6 Å². The summed E-state index contributed by atoms with van der Waals surface area (Å²) < 4.78 is 19.9. The Kier molecular flexibility index (Phi) is 5.60. The molecule has 1 aromatic heterocycles. The SMILES string of the molecule is O=C1NC(=S)N(c2ccccc2F)C(=O)C1=Cc1ccc(-c2ccc(Cl)c(C(=O)O)c2)o1. The van der Waals surface area contributed by atoms with E-state index in [1.165, 1.54) is 48.5 Å². The summed E-state index contributed by atoms with van der Waals surface area (Å²) in [4.78, 5) is 37.5. The molecule has 2 amide bonds. The van der Waals surface area contributed by atoms with E-state index in [-0.39, 0.29) is 32.7 Å². The number of carbonyl (C=O) groups excluding carboxylic acids is 2. The van der Waals surface area contributed by atoms with Crippen LogP contribution in [0.1, 0.15) is 16.1 Å². The highest BCUT2D eigenvalue weighted by Gasteiger charge is 2.35. The number of carboxylic acid groups (broad SMARTS) is 1. The predicted molar refractivity (Wildman–Crippen MR) is 119 cm³/mol. The molecule has 0 saturated carbocycles. The lowest BCUT2D eigenvalue weighted by atomic mass is 10.1. The van der Waals surface area contributed by atoms with Crippen molar-refractivity contribution in [2.45, 2.75) is 0 Å². The van der Waals surface area contributed by atoms with Crippen molar-refractivity contribution in [3.8, 4) is 11.3 Å². The summed E-state index contributed by atoms with van der Waals surface area (Å²) in [7, 11) is 0. The van der Waals surface area contributed by atoms with Crippen LogP contribution in [0.5, 0.6) is 0 Å². The van der Waals surface area contributed by atoms with E-state index in [4.69, 9.17) is 28.2 Å². The number of furan rings is 1. The van der Waals surface area contributed by atoms with Gasteiger partial charge in [0.15, 0.2) is 5.11 Å². The number of nitrogens with zero attached hydrogens (tertiary/aromatic N) is 1. The number of para-hydroxylation sites is 1. The smallest absolute Gasteiger partial charge is 0.337 e. The van der Waals surface area contributed by atoms with Crippen LogP contribution in [0.3, 0.4) is 0 Å². The molecule has 1 aliphatic rings. The van der Waals surface area contributed by atoms with Crippen molar-refractivity contribution in [2.24, 2.45) is 0 Å². The third-order valence-electron chi connectivity index (χ3n) is 4.59. The number of carboxylic acids is 1. The minimum absolute atomic E-state index is 0.0730. The normalized spacial score (nSPS) is 15.2. The van der Waals surface area contributed by atoms with Crippen molar-refractivity contribution in [1.29, 1.82) is 0 Å².